The van der Waals surface area contributed by atoms with Crippen molar-refractivity contribution in [3.63, 3.8) is 0 Å². The highest BCUT2D eigenvalue weighted by Gasteiger charge is 2.22. The highest BCUT2D eigenvalue weighted by atomic mass is 16.5. The molecule has 20 heavy (non-hydrogen) atoms. The van der Waals surface area contributed by atoms with E-state index in [1.807, 2.05) is 0 Å². The third-order valence-electron chi connectivity index (χ3n) is 2.98. The molecule has 110 valence electrons. The summed E-state index contributed by atoms with van der Waals surface area (Å²) in [6.45, 7) is 1.95. The lowest BCUT2D eigenvalue weighted by molar-refractivity contribution is -0.145. The summed E-state index contributed by atoms with van der Waals surface area (Å²) in [5, 5.41) is 0. The van der Waals surface area contributed by atoms with Crippen LogP contribution in [0.5, 0.6) is 5.75 Å². The summed E-state index contributed by atoms with van der Waals surface area (Å²) in [6, 6.07) is 4.98. The van der Waals surface area contributed by atoms with Crippen LogP contribution >= 0.6 is 0 Å². The number of nitrogens with zero attached hydrogens (tertiary/aromatic N) is 1. The molecule has 0 heterocycles. The van der Waals surface area contributed by atoms with Crippen molar-refractivity contribution in [1.82, 2.24) is 4.90 Å². The molecule has 1 atom stereocenters. The molecule has 0 aromatic heterocycles. The molecule has 1 rings (SSSR count). The minimum absolute atomic E-state index is 0.253. The van der Waals surface area contributed by atoms with Gasteiger partial charge in [-0.1, -0.05) is 13.0 Å². The van der Waals surface area contributed by atoms with E-state index in [4.69, 9.17) is 10.5 Å². The lowest BCUT2D eigenvalue weighted by Crippen LogP contribution is -2.34. The second kappa shape index (κ2) is 6.79. The SMILES string of the molecule is COC(=O)C(C)CN(C)C(=O)c1cccc(N)c1OC. The molecule has 0 spiro atoms. The maximum absolute atomic E-state index is 12.4. The number of amides is 1. The van der Waals surface area contributed by atoms with Gasteiger partial charge in [-0.15, -0.1) is 0 Å². The number of nitrogens with two attached hydrogens (primary N) is 1. The van der Waals surface area contributed by atoms with Crippen molar-refractivity contribution in [3.05, 3.63) is 23.8 Å². The summed E-state index contributed by atoms with van der Waals surface area (Å²) in [7, 11) is 4.39. The van der Waals surface area contributed by atoms with Crippen molar-refractivity contribution < 1.29 is 19.1 Å². The lowest BCUT2D eigenvalue weighted by Gasteiger charge is -2.21. The quantitative estimate of drug-likeness (QED) is 0.646. The van der Waals surface area contributed by atoms with Gasteiger partial charge in [0, 0.05) is 13.6 Å². The second-order valence-corrected chi connectivity index (χ2v) is 4.54. The Hall–Kier alpha value is -2.24. The fourth-order valence-corrected chi connectivity index (χ4v) is 1.93. The minimum Gasteiger partial charge on any atom is -0.494 e. The van der Waals surface area contributed by atoms with Crippen LogP contribution < -0.4 is 10.5 Å². The molecule has 1 aromatic rings. The minimum atomic E-state index is -0.402. The first kappa shape index (κ1) is 15.8. The summed E-state index contributed by atoms with van der Waals surface area (Å²) in [4.78, 5) is 25.2. The number of rotatable bonds is 5. The van der Waals surface area contributed by atoms with Crippen LogP contribution in [-0.4, -0.2) is 44.6 Å². The van der Waals surface area contributed by atoms with Gasteiger partial charge in [0.05, 0.1) is 31.4 Å². The third-order valence-corrected chi connectivity index (χ3v) is 2.98. The summed E-state index contributed by atoms with van der Waals surface area (Å²) in [5.41, 5.74) is 6.53. The molecule has 6 nitrogen and oxygen atoms in total. The van der Waals surface area contributed by atoms with Crippen LogP contribution in [0.15, 0.2) is 18.2 Å². The Bertz CT molecular complexity index is 502. The molecule has 1 aromatic carbocycles. The standard InChI is InChI=1S/C14H20N2O4/c1-9(14(18)20-4)8-16(2)13(17)10-6-5-7-11(15)12(10)19-3/h5-7,9H,8,15H2,1-4H3. The molecule has 0 aliphatic carbocycles. The Labute approximate surface area is 118 Å². The Morgan fingerprint density at radius 2 is 2.00 bits per heavy atom. The Kier molecular flexibility index (Phi) is 5.37. The fraction of sp³-hybridized carbons (Fsp3) is 0.429. The number of nitrogen functional groups attached to an aromatic ring is 1. The average Bonchev–Trinajstić information content (AvgIpc) is 2.44. The van der Waals surface area contributed by atoms with Crippen LogP contribution in [0.2, 0.25) is 0 Å². The molecular formula is C14H20N2O4. The predicted octanol–water partition coefficient (Wildman–Crippen LogP) is 1.16. The molecule has 0 saturated heterocycles. The maximum atomic E-state index is 12.4. The number of ether oxygens (including phenoxy) is 2. The Morgan fingerprint density at radius 3 is 2.55 bits per heavy atom. The first-order valence-electron chi connectivity index (χ1n) is 6.18. The molecule has 0 aliphatic heterocycles. The second-order valence-electron chi connectivity index (χ2n) is 4.54. The highest BCUT2D eigenvalue weighted by Crippen LogP contribution is 2.26. The van der Waals surface area contributed by atoms with E-state index in [0.29, 0.717) is 17.0 Å². The van der Waals surface area contributed by atoms with Gasteiger partial charge in [0.15, 0.2) is 5.75 Å². The van der Waals surface area contributed by atoms with Crippen molar-refractivity contribution in [2.45, 2.75) is 6.92 Å². The summed E-state index contributed by atoms with van der Waals surface area (Å²) < 4.78 is 9.80. The topological polar surface area (TPSA) is 81.9 Å². The molecule has 0 radical (unpaired) electrons. The normalized spacial score (nSPS) is 11.6. The van der Waals surface area contributed by atoms with Crippen LogP contribution in [0.3, 0.4) is 0 Å². The van der Waals surface area contributed by atoms with Crippen molar-refractivity contribution >= 4 is 17.6 Å². The zero-order valence-corrected chi connectivity index (χ0v) is 12.2. The van der Waals surface area contributed by atoms with Crippen LogP contribution in [0.1, 0.15) is 17.3 Å². The first-order chi connectivity index (χ1) is 9.42. The van der Waals surface area contributed by atoms with Gasteiger partial charge in [-0.2, -0.15) is 0 Å². The summed E-state index contributed by atoms with van der Waals surface area (Å²) in [6.07, 6.45) is 0. The molecule has 0 saturated carbocycles. The molecule has 6 heteroatoms. The number of carbonyl (C=O) groups is 2. The Morgan fingerprint density at radius 1 is 1.35 bits per heavy atom. The van der Waals surface area contributed by atoms with Gasteiger partial charge >= 0.3 is 5.97 Å². The van der Waals surface area contributed by atoms with E-state index < -0.39 is 5.92 Å². The van der Waals surface area contributed by atoms with Gasteiger partial charge in [-0.3, -0.25) is 9.59 Å². The monoisotopic (exact) mass is 280 g/mol. The average molecular weight is 280 g/mol. The fourth-order valence-electron chi connectivity index (χ4n) is 1.93. The van der Waals surface area contributed by atoms with Crippen molar-refractivity contribution in [2.24, 2.45) is 5.92 Å². The number of methoxy groups -OCH3 is 2. The van der Waals surface area contributed by atoms with Crippen molar-refractivity contribution in [2.75, 3.05) is 33.5 Å². The smallest absolute Gasteiger partial charge is 0.310 e. The van der Waals surface area contributed by atoms with Crippen LogP contribution in [0.4, 0.5) is 5.69 Å². The first-order valence-corrected chi connectivity index (χ1v) is 6.18. The summed E-state index contributed by atoms with van der Waals surface area (Å²) in [5.74, 6) is -0.676. The molecule has 0 bridgehead atoms. The largest absolute Gasteiger partial charge is 0.494 e. The van der Waals surface area contributed by atoms with Crippen LogP contribution in [-0.2, 0) is 9.53 Å². The number of esters is 1. The van der Waals surface area contributed by atoms with Crippen molar-refractivity contribution in [1.29, 1.82) is 0 Å². The van der Waals surface area contributed by atoms with Gasteiger partial charge in [0.1, 0.15) is 0 Å². The number of hydrogen-bond acceptors (Lipinski definition) is 5. The Balaban J connectivity index is 2.90. The van der Waals surface area contributed by atoms with E-state index in [1.165, 1.54) is 19.1 Å². The van der Waals surface area contributed by atoms with E-state index >= 15 is 0 Å². The molecule has 1 amide bonds. The van der Waals surface area contributed by atoms with Gasteiger partial charge in [0.25, 0.3) is 5.91 Å². The van der Waals surface area contributed by atoms with E-state index in [0.717, 1.165) is 0 Å². The number of para-hydroxylation sites is 1. The van der Waals surface area contributed by atoms with Crippen LogP contribution in [0.25, 0.3) is 0 Å². The zero-order chi connectivity index (χ0) is 15.3. The zero-order valence-electron chi connectivity index (χ0n) is 12.2. The molecule has 1 unspecified atom stereocenters. The number of benzene rings is 1. The van der Waals surface area contributed by atoms with Crippen molar-refractivity contribution in [3.8, 4) is 5.75 Å². The molecule has 2 N–H and O–H groups in total. The lowest BCUT2D eigenvalue weighted by atomic mass is 10.1. The predicted molar refractivity (Wildman–Crippen MR) is 75.5 cm³/mol. The van der Waals surface area contributed by atoms with E-state index in [-0.39, 0.29) is 18.4 Å². The highest BCUT2D eigenvalue weighted by molar-refractivity contribution is 5.98. The maximum Gasteiger partial charge on any atom is 0.310 e. The number of anilines is 1. The molecule has 0 aliphatic rings. The van der Waals surface area contributed by atoms with Gasteiger partial charge in [0.2, 0.25) is 0 Å². The van der Waals surface area contributed by atoms with Gasteiger partial charge < -0.3 is 20.1 Å². The van der Waals surface area contributed by atoms with E-state index in [2.05, 4.69) is 4.74 Å². The van der Waals surface area contributed by atoms with Gasteiger partial charge in [-0.05, 0) is 12.1 Å². The van der Waals surface area contributed by atoms with E-state index in [1.54, 1.807) is 32.2 Å². The van der Waals surface area contributed by atoms with Gasteiger partial charge in [-0.25, -0.2) is 0 Å². The molecule has 0 fully saturated rings. The van der Waals surface area contributed by atoms with Crippen LogP contribution in [0, 0.1) is 5.92 Å². The van der Waals surface area contributed by atoms with E-state index in [9.17, 15) is 9.59 Å². The number of carbonyl (C=O) groups excluding carboxylic acids is 2. The summed E-state index contributed by atoms with van der Waals surface area (Å²) >= 11 is 0. The third kappa shape index (κ3) is 3.40. The number of hydrogen-bond donors (Lipinski definition) is 1. The molecular weight excluding hydrogens is 260 g/mol.